The molecule has 1 amide bonds. The second-order valence-corrected chi connectivity index (χ2v) is 5.00. The molecule has 0 aliphatic rings. The van der Waals surface area contributed by atoms with Crippen LogP contribution in [0.2, 0.25) is 0 Å². The number of nitrogens with one attached hydrogen (secondary N) is 1. The van der Waals surface area contributed by atoms with Gasteiger partial charge < -0.3 is 10.1 Å². The number of aromatic nitrogens is 5. The van der Waals surface area contributed by atoms with Crippen LogP contribution in [0.4, 0.5) is 5.69 Å². The molecule has 0 unspecified atom stereocenters. The summed E-state index contributed by atoms with van der Waals surface area (Å²) in [7, 11) is 1.31. The number of hydrogen-bond acceptors (Lipinski definition) is 7. The smallest absolute Gasteiger partial charge is 0.337 e. The largest absolute Gasteiger partial charge is 0.465 e. The summed E-state index contributed by atoms with van der Waals surface area (Å²) in [6.45, 7) is -0.0865. The third-order valence-corrected chi connectivity index (χ3v) is 3.27. The van der Waals surface area contributed by atoms with Crippen LogP contribution in [0.5, 0.6) is 0 Å². The summed E-state index contributed by atoms with van der Waals surface area (Å²) in [5.74, 6) is -0.338. The van der Waals surface area contributed by atoms with E-state index in [1.165, 1.54) is 11.9 Å². The van der Waals surface area contributed by atoms with E-state index in [1.807, 2.05) is 0 Å². The molecule has 0 fully saturated rings. The lowest BCUT2D eigenvalue weighted by atomic mass is 10.2. The number of benzene rings is 1. The molecule has 0 aliphatic heterocycles. The molecule has 2 aromatic heterocycles. The van der Waals surface area contributed by atoms with Crippen LogP contribution in [0.25, 0.3) is 11.4 Å². The van der Waals surface area contributed by atoms with Gasteiger partial charge in [0.1, 0.15) is 6.54 Å². The average molecular weight is 338 g/mol. The summed E-state index contributed by atoms with van der Waals surface area (Å²) < 4.78 is 4.62. The third kappa shape index (κ3) is 4.02. The fourth-order valence-electron chi connectivity index (χ4n) is 2.06. The number of pyridine rings is 1. The minimum atomic E-state index is -0.437. The van der Waals surface area contributed by atoms with Crippen LogP contribution in [-0.4, -0.2) is 44.2 Å². The van der Waals surface area contributed by atoms with Crippen LogP contribution >= 0.6 is 0 Å². The van der Waals surface area contributed by atoms with Crippen LogP contribution in [0.1, 0.15) is 10.4 Å². The summed E-state index contributed by atoms with van der Waals surface area (Å²) in [6, 6.07) is 9.87. The molecule has 0 atom stereocenters. The van der Waals surface area contributed by atoms with Gasteiger partial charge in [-0.3, -0.25) is 9.78 Å². The van der Waals surface area contributed by atoms with Gasteiger partial charge in [0, 0.05) is 23.6 Å². The molecule has 2 heterocycles. The van der Waals surface area contributed by atoms with Crippen LogP contribution in [-0.2, 0) is 16.1 Å². The molecule has 1 N–H and O–H groups in total. The molecule has 1 aromatic carbocycles. The molecule has 3 rings (SSSR count). The zero-order valence-electron chi connectivity index (χ0n) is 13.3. The van der Waals surface area contributed by atoms with Gasteiger partial charge >= 0.3 is 5.97 Å². The van der Waals surface area contributed by atoms with Gasteiger partial charge in [0.25, 0.3) is 0 Å². The van der Waals surface area contributed by atoms with E-state index in [0.29, 0.717) is 17.1 Å². The van der Waals surface area contributed by atoms with E-state index in [9.17, 15) is 9.59 Å². The number of tetrazole rings is 1. The van der Waals surface area contributed by atoms with Crippen molar-refractivity contribution in [3.05, 3.63) is 54.4 Å². The van der Waals surface area contributed by atoms with Gasteiger partial charge in [0.05, 0.1) is 12.7 Å². The Balaban J connectivity index is 1.61. The molecule has 0 aliphatic carbocycles. The van der Waals surface area contributed by atoms with E-state index in [-0.39, 0.29) is 12.5 Å². The first-order chi connectivity index (χ1) is 12.2. The topological polar surface area (TPSA) is 112 Å². The van der Waals surface area contributed by atoms with E-state index in [4.69, 9.17) is 0 Å². The zero-order chi connectivity index (χ0) is 17.6. The van der Waals surface area contributed by atoms with Crippen LogP contribution in [0.3, 0.4) is 0 Å². The standard InChI is InChI=1S/C16H14N6O3/c1-25-16(24)12-2-4-13(5-3-12)18-14(23)10-22-20-15(19-21-22)11-6-8-17-9-7-11/h2-9H,10H2,1H3,(H,18,23). The maximum atomic E-state index is 12.1. The molecule has 126 valence electrons. The van der Waals surface area contributed by atoms with E-state index in [0.717, 1.165) is 5.56 Å². The highest BCUT2D eigenvalue weighted by atomic mass is 16.5. The monoisotopic (exact) mass is 338 g/mol. The van der Waals surface area contributed by atoms with Gasteiger partial charge in [-0.2, -0.15) is 4.80 Å². The highest BCUT2D eigenvalue weighted by Crippen LogP contribution is 2.12. The summed E-state index contributed by atoms with van der Waals surface area (Å²) in [6.07, 6.45) is 3.25. The number of carbonyl (C=O) groups is 2. The number of esters is 1. The summed E-state index contributed by atoms with van der Waals surface area (Å²) >= 11 is 0. The molecule has 25 heavy (non-hydrogen) atoms. The van der Waals surface area contributed by atoms with Crippen LogP contribution in [0.15, 0.2) is 48.8 Å². The molecular weight excluding hydrogens is 324 g/mol. The molecule has 0 bridgehead atoms. The van der Waals surface area contributed by atoms with E-state index >= 15 is 0 Å². The highest BCUT2D eigenvalue weighted by Gasteiger charge is 2.10. The predicted molar refractivity (Wildman–Crippen MR) is 87.5 cm³/mol. The van der Waals surface area contributed by atoms with Gasteiger partial charge in [-0.15, -0.1) is 10.2 Å². The number of amides is 1. The van der Waals surface area contributed by atoms with Gasteiger partial charge in [-0.1, -0.05) is 0 Å². The molecule has 3 aromatic rings. The van der Waals surface area contributed by atoms with Crippen molar-refractivity contribution in [3.63, 3.8) is 0 Å². The van der Waals surface area contributed by atoms with Crippen molar-refractivity contribution in [1.29, 1.82) is 0 Å². The second-order valence-electron chi connectivity index (χ2n) is 5.00. The average Bonchev–Trinajstić information content (AvgIpc) is 3.10. The molecule has 0 spiro atoms. The lowest BCUT2D eigenvalue weighted by molar-refractivity contribution is -0.117. The van der Waals surface area contributed by atoms with E-state index < -0.39 is 5.97 Å². The quantitative estimate of drug-likeness (QED) is 0.695. The van der Waals surface area contributed by atoms with Gasteiger partial charge in [0.15, 0.2) is 0 Å². The fourth-order valence-corrected chi connectivity index (χ4v) is 2.06. The number of anilines is 1. The van der Waals surface area contributed by atoms with Crippen molar-refractivity contribution >= 4 is 17.6 Å². The maximum Gasteiger partial charge on any atom is 0.337 e. The lowest BCUT2D eigenvalue weighted by Crippen LogP contribution is -2.20. The Kier molecular flexibility index (Phi) is 4.74. The van der Waals surface area contributed by atoms with Crippen molar-refractivity contribution in [3.8, 4) is 11.4 Å². The molecule has 0 saturated heterocycles. The van der Waals surface area contributed by atoms with Gasteiger partial charge in [-0.25, -0.2) is 4.79 Å². The predicted octanol–water partition coefficient (Wildman–Crippen LogP) is 1.16. The van der Waals surface area contributed by atoms with Crippen molar-refractivity contribution in [2.24, 2.45) is 0 Å². The van der Waals surface area contributed by atoms with Crippen molar-refractivity contribution in [2.45, 2.75) is 6.54 Å². The minimum Gasteiger partial charge on any atom is -0.465 e. The Morgan fingerprint density at radius 1 is 1.12 bits per heavy atom. The number of ether oxygens (including phenoxy) is 1. The SMILES string of the molecule is COC(=O)c1ccc(NC(=O)Cn2nnc(-c3ccncc3)n2)cc1. The summed E-state index contributed by atoms with van der Waals surface area (Å²) in [5, 5.41) is 14.6. The fraction of sp³-hybridized carbons (Fsp3) is 0.125. The minimum absolute atomic E-state index is 0.0865. The molecule has 9 nitrogen and oxygen atoms in total. The number of carbonyl (C=O) groups excluding carboxylic acids is 2. The summed E-state index contributed by atoms with van der Waals surface area (Å²) in [5.41, 5.74) is 1.72. The molecule has 0 radical (unpaired) electrons. The Hall–Kier alpha value is -3.62. The van der Waals surface area contributed by atoms with Gasteiger partial charge in [-0.05, 0) is 41.6 Å². The Labute approximate surface area is 142 Å². The van der Waals surface area contributed by atoms with Crippen molar-refractivity contribution < 1.29 is 14.3 Å². The van der Waals surface area contributed by atoms with E-state index in [2.05, 4.69) is 30.4 Å². The normalized spacial score (nSPS) is 10.3. The molecule has 9 heteroatoms. The number of methoxy groups -OCH3 is 1. The van der Waals surface area contributed by atoms with E-state index in [1.54, 1.807) is 48.8 Å². The Morgan fingerprint density at radius 3 is 2.52 bits per heavy atom. The van der Waals surface area contributed by atoms with Crippen molar-refractivity contribution in [2.75, 3.05) is 12.4 Å². The van der Waals surface area contributed by atoms with Crippen LogP contribution in [0, 0.1) is 0 Å². The number of hydrogen-bond donors (Lipinski definition) is 1. The van der Waals surface area contributed by atoms with Crippen molar-refractivity contribution in [1.82, 2.24) is 25.2 Å². The lowest BCUT2D eigenvalue weighted by Gasteiger charge is -2.05. The summed E-state index contributed by atoms with van der Waals surface area (Å²) in [4.78, 5) is 28.6. The molecule has 0 saturated carbocycles. The first-order valence-electron chi connectivity index (χ1n) is 7.32. The van der Waals surface area contributed by atoms with Gasteiger partial charge in [0.2, 0.25) is 11.7 Å². The Morgan fingerprint density at radius 2 is 1.84 bits per heavy atom. The maximum absolute atomic E-state index is 12.1. The first kappa shape index (κ1) is 16.2. The number of nitrogens with zero attached hydrogens (tertiary/aromatic N) is 5. The zero-order valence-corrected chi connectivity index (χ0v) is 13.3. The van der Waals surface area contributed by atoms with Crippen LogP contribution < -0.4 is 5.32 Å². The number of rotatable bonds is 5. The Bertz CT molecular complexity index is 876. The second kappa shape index (κ2) is 7.30. The third-order valence-electron chi connectivity index (χ3n) is 3.27. The highest BCUT2D eigenvalue weighted by molar-refractivity contribution is 5.92. The molecular formula is C16H14N6O3. The first-order valence-corrected chi connectivity index (χ1v) is 7.32.